The molecule has 16 nitrogen and oxygen atoms in total. The highest BCUT2D eigenvalue weighted by Crippen LogP contribution is 2.16. The van der Waals surface area contributed by atoms with Crippen molar-refractivity contribution in [2.45, 2.75) is 138 Å². The van der Waals surface area contributed by atoms with Gasteiger partial charge >= 0.3 is 0 Å². The van der Waals surface area contributed by atoms with Gasteiger partial charge in [0.25, 0.3) is 0 Å². The lowest BCUT2D eigenvalue weighted by Crippen LogP contribution is -2.32. The summed E-state index contributed by atoms with van der Waals surface area (Å²) in [6.45, 7) is 18.5. The lowest BCUT2D eigenvalue weighted by Gasteiger charge is -2.06. The van der Waals surface area contributed by atoms with Crippen molar-refractivity contribution in [3.8, 4) is 0 Å². The van der Waals surface area contributed by atoms with Crippen molar-refractivity contribution in [1.29, 1.82) is 0 Å². The summed E-state index contributed by atoms with van der Waals surface area (Å²) in [6, 6.07) is 74.8. The van der Waals surface area contributed by atoms with Gasteiger partial charge in [-0.05, 0) is 80.1 Å². The van der Waals surface area contributed by atoms with Crippen LogP contribution >= 0.6 is 0 Å². The maximum atomic E-state index is 2.30. The molecule has 0 spiro atoms. The summed E-state index contributed by atoms with van der Waals surface area (Å²) >= 11 is 0. The largest absolute Gasteiger partial charge is 0.244 e. The quantitative estimate of drug-likeness (QED) is 0.0285. The minimum absolute atomic E-state index is 0.811. The molecule has 0 aliphatic heterocycles. The van der Waals surface area contributed by atoms with Crippen molar-refractivity contribution in [1.82, 2.24) is 36.5 Å². The summed E-state index contributed by atoms with van der Waals surface area (Å²) in [7, 11) is 0. The van der Waals surface area contributed by atoms with E-state index in [2.05, 4.69) is 455 Å². The summed E-state index contributed by atoms with van der Waals surface area (Å²) in [4.78, 5) is 0. The summed E-state index contributed by atoms with van der Waals surface area (Å²) in [6.07, 6.45) is 60.0. The highest BCUT2D eigenvalue weighted by Gasteiger charge is 2.17. The van der Waals surface area contributed by atoms with Gasteiger partial charge < -0.3 is 0 Å². The van der Waals surface area contributed by atoms with Crippen molar-refractivity contribution in [2.24, 2.45) is 0 Å². The van der Waals surface area contributed by atoms with Gasteiger partial charge in [-0.25, -0.2) is 73.1 Å². The van der Waals surface area contributed by atoms with Gasteiger partial charge in [0.2, 0.25) is 50.6 Å². The van der Waals surface area contributed by atoms with Crippen LogP contribution in [0.2, 0.25) is 0 Å². The summed E-state index contributed by atoms with van der Waals surface area (Å²) in [5, 5.41) is 0. The molecule has 0 saturated carbocycles. The van der Waals surface area contributed by atoms with Crippen LogP contribution in [0.25, 0.3) is 0 Å². The van der Waals surface area contributed by atoms with Crippen LogP contribution in [0.15, 0.2) is 368 Å². The number of rotatable bonds is 34. The Morgan fingerprint density at radius 1 is 0.225 bits per heavy atom. The van der Waals surface area contributed by atoms with Crippen molar-refractivity contribution < 1.29 is 36.5 Å². The van der Waals surface area contributed by atoms with E-state index >= 15 is 0 Å². The number of aryl methyl sites for hydroxylation is 4. The van der Waals surface area contributed by atoms with E-state index in [4.69, 9.17) is 0 Å². The first-order valence-corrected chi connectivity index (χ1v) is 39.3. The number of aromatic nitrogens is 16. The van der Waals surface area contributed by atoms with Crippen LogP contribution in [-0.4, -0.2) is 36.5 Å². The second-order valence-electron chi connectivity index (χ2n) is 29.5. The Morgan fingerprint density at radius 2 is 0.486 bits per heavy atom. The third kappa shape index (κ3) is 21.5. The molecule has 0 saturated heterocycles. The average molecular weight is 1470 g/mol. The van der Waals surface area contributed by atoms with Crippen LogP contribution in [0.4, 0.5) is 0 Å². The summed E-state index contributed by atoms with van der Waals surface area (Å²) < 4.78 is 36.1. The maximum Gasteiger partial charge on any atom is 0.244 e. The molecule has 16 aromatic rings. The zero-order valence-corrected chi connectivity index (χ0v) is 64.2. The molecule has 0 amide bonds. The van der Waals surface area contributed by atoms with E-state index in [0.717, 1.165) is 124 Å². The fourth-order valence-corrected chi connectivity index (χ4v) is 14.6. The molecule has 556 valence electrons. The van der Waals surface area contributed by atoms with Crippen LogP contribution < -0.4 is 36.5 Å². The van der Waals surface area contributed by atoms with E-state index in [0.29, 0.717) is 0 Å². The van der Waals surface area contributed by atoms with Crippen molar-refractivity contribution in [2.75, 3.05) is 0 Å². The van der Waals surface area contributed by atoms with E-state index in [9.17, 15) is 0 Å². The number of imidazole rings is 8. The average Bonchev–Trinajstić information content (AvgIpc) is 1.74. The Morgan fingerprint density at radius 3 is 0.847 bits per heavy atom. The Labute approximate surface area is 653 Å². The van der Waals surface area contributed by atoms with Gasteiger partial charge in [0.15, 0.2) is 0 Å². The highest BCUT2D eigenvalue weighted by molar-refractivity contribution is 5.30. The Hall–Kier alpha value is -12.8. The first-order valence-electron chi connectivity index (χ1n) is 39.3. The molecule has 0 N–H and O–H groups in total. The zero-order chi connectivity index (χ0) is 75.2. The molecule has 0 fully saturated rings. The molecule has 0 radical (unpaired) electrons. The van der Waals surface area contributed by atoms with Crippen molar-refractivity contribution in [3.05, 3.63) is 446 Å². The van der Waals surface area contributed by atoms with E-state index < -0.39 is 0 Å². The summed E-state index contributed by atoms with van der Waals surface area (Å²) in [5.41, 5.74) is 18.4. The predicted octanol–water partition coefficient (Wildman–Crippen LogP) is 12.3. The third-order valence-electron chi connectivity index (χ3n) is 20.7. The van der Waals surface area contributed by atoms with Crippen LogP contribution in [0.1, 0.15) is 105 Å². The van der Waals surface area contributed by atoms with E-state index in [1.165, 1.54) is 77.9 Å². The summed E-state index contributed by atoms with van der Waals surface area (Å²) in [5.74, 6) is 0. The topological polar surface area (TPSA) is 70.5 Å². The van der Waals surface area contributed by atoms with Crippen LogP contribution in [0, 0.1) is 0 Å². The highest BCUT2D eigenvalue weighted by atomic mass is 15.2. The predicted molar refractivity (Wildman–Crippen MR) is 430 cm³/mol. The first-order chi connectivity index (χ1) is 54.7. The second-order valence-corrected chi connectivity index (χ2v) is 29.5. The maximum absolute atomic E-state index is 2.30. The normalized spacial score (nSPS) is 11.4. The van der Waals surface area contributed by atoms with Gasteiger partial charge in [0.1, 0.15) is 184 Å². The molecule has 8 aromatic carbocycles. The van der Waals surface area contributed by atoms with Crippen LogP contribution in [-0.2, 0) is 111 Å². The van der Waals surface area contributed by atoms with Crippen LogP contribution in [0.3, 0.4) is 0 Å². The zero-order valence-electron chi connectivity index (χ0n) is 64.2. The Kier molecular flexibility index (Phi) is 24.5. The van der Waals surface area contributed by atoms with E-state index in [-0.39, 0.29) is 0 Å². The molecule has 16 rings (SSSR count). The van der Waals surface area contributed by atoms with Gasteiger partial charge in [0, 0.05) is 24.0 Å². The number of benzene rings is 8. The standard InChI is InChI=1S/C72H72N12.C23H32N4/c1-3-9-61(10-4-1)43-73-31-33-75(55-73)45-63-15-19-65(20-16-63)47-77-35-37-79(57-77)49-67-23-27-69(28-24-67)51-81-39-41-83(59-81)53-71-13-7-8-14-72(71)54-84-42-40-82(60-84)52-70-29-25-68(26-30-70)50-80-38-36-78(58-80)48-66-21-17-64(18-22-66)46-76-34-32-74(56-76)44-62-11-5-2-6-12-62;1-3-22-11-7-8-12-23(22)19-27-18-17-26(21-27)14-10-6-5-9-13-25-16-15-24(4-2)20-25/h1-42,55-60H,43-54H2;5-8,11-12,15-18,20-21H,3-4,9-10,13-14,19H2,1-2H3/q+6;+2/b;6-5-. The minimum atomic E-state index is 0.811. The van der Waals surface area contributed by atoms with Gasteiger partial charge in [-0.2, -0.15) is 0 Å². The number of hydrogen-bond acceptors (Lipinski definition) is 0. The monoisotopic (exact) mass is 1470 g/mol. The number of hydrogen-bond donors (Lipinski definition) is 0. The molecule has 16 heteroatoms. The molecular formula is C95H104N16+8. The fourth-order valence-electron chi connectivity index (χ4n) is 14.6. The smallest absolute Gasteiger partial charge is 0.237 e. The Bertz CT molecular complexity index is 5270. The molecule has 111 heavy (non-hydrogen) atoms. The SMILES string of the molecule is CCc1ccccc1C[n+]1ccn(CC/C=C\CC[n+]2ccn(CC)c2)c1.c1ccc(C[n+]2ccn(Cc3ccc(Cn4cc[n+](Cc5ccc(Cn6cc[n+](Cc7ccccc7Cn7cc[n+](Cc8ccc(Cn9cc[n+](Cc%10ccc(Cn%11cc[n+](Cc%12ccccc%12)c%11)cc%10)c9)cc8)c7)c6)cc5)c4)cc3)c2)cc1. The van der Waals surface area contributed by atoms with E-state index in [1.54, 1.807) is 0 Å². The molecule has 0 aliphatic carbocycles. The fraction of sp³-hybridized carbons (Fsp3) is 0.221. The number of allylic oxidation sites excluding steroid dienone is 2. The second kappa shape index (κ2) is 36.9. The Balaban J connectivity index is 0.000000305. The number of nitrogens with zero attached hydrogens (tertiary/aromatic N) is 16. The first kappa shape index (κ1) is 73.7. The molecular weight excluding hydrogens is 1370 g/mol. The molecule has 8 aromatic heterocycles. The van der Waals surface area contributed by atoms with Crippen molar-refractivity contribution in [3.63, 3.8) is 0 Å². The van der Waals surface area contributed by atoms with Gasteiger partial charge in [-0.3, -0.25) is 0 Å². The lowest BCUT2D eigenvalue weighted by molar-refractivity contribution is -0.695. The van der Waals surface area contributed by atoms with Gasteiger partial charge in [-0.1, -0.05) is 225 Å². The molecule has 0 bridgehead atoms. The van der Waals surface area contributed by atoms with Gasteiger partial charge in [0.05, 0.1) is 19.6 Å². The van der Waals surface area contributed by atoms with Crippen molar-refractivity contribution >= 4 is 0 Å². The van der Waals surface area contributed by atoms with E-state index in [1.807, 2.05) is 0 Å². The minimum Gasteiger partial charge on any atom is -0.237 e. The molecule has 0 atom stereocenters. The molecule has 8 heterocycles. The van der Waals surface area contributed by atoms with Crippen LogP contribution in [0.5, 0.6) is 0 Å². The lowest BCUT2D eigenvalue weighted by atomic mass is 10.1. The molecule has 0 aliphatic rings. The molecule has 0 unspecified atom stereocenters. The third-order valence-corrected chi connectivity index (χ3v) is 20.7. The van der Waals surface area contributed by atoms with Gasteiger partial charge in [-0.15, -0.1) is 0 Å².